The number of halogens is 3. The molecule has 0 N–H and O–H groups in total. The number of ether oxygens (including phenoxy) is 1. The van der Waals surface area contributed by atoms with Crippen LogP contribution in [0.1, 0.15) is 5.56 Å². The zero-order chi connectivity index (χ0) is 20.7. The van der Waals surface area contributed by atoms with Gasteiger partial charge in [0.1, 0.15) is 23.3 Å². The molecule has 0 saturated carbocycles. The topological polar surface area (TPSA) is 71.1 Å². The fraction of sp³-hybridized carbons (Fsp3) is 0.105. The van der Waals surface area contributed by atoms with Crippen molar-refractivity contribution >= 4 is 22.6 Å². The third kappa shape index (κ3) is 3.29. The summed E-state index contributed by atoms with van der Waals surface area (Å²) in [6, 6.07) is 9.94. The van der Waals surface area contributed by atoms with Crippen LogP contribution in [0, 0.1) is 11.6 Å². The third-order valence-corrected chi connectivity index (χ3v) is 4.63. The SMILES string of the molecule is Cn1c(=O)n(-n2cc(Cl)c(OCc3ccc(F)cc3F)nc2=O)c2ccccc21. The van der Waals surface area contributed by atoms with Gasteiger partial charge in [0.2, 0.25) is 5.88 Å². The first kappa shape index (κ1) is 18.9. The molecule has 4 aromatic rings. The Bertz CT molecular complexity index is 1360. The molecule has 0 amide bonds. The maximum absolute atomic E-state index is 13.7. The van der Waals surface area contributed by atoms with Crippen molar-refractivity contribution in [1.82, 2.24) is 18.9 Å². The second-order valence-electron chi connectivity index (χ2n) is 6.19. The summed E-state index contributed by atoms with van der Waals surface area (Å²) in [5, 5.41) is -0.0630. The molecule has 0 unspecified atom stereocenters. The van der Waals surface area contributed by atoms with E-state index in [1.165, 1.54) is 16.8 Å². The van der Waals surface area contributed by atoms with E-state index < -0.39 is 23.0 Å². The molecule has 0 radical (unpaired) electrons. The van der Waals surface area contributed by atoms with Crippen molar-refractivity contribution in [3.05, 3.63) is 91.9 Å². The second-order valence-corrected chi connectivity index (χ2v) is 6.59. The van der Waals surface area contributed by atoms with Crippen LogP contribution in [-0.2, 0) is 13.7 Å². The monoisotopic (exact) mass is 418 g/mol. The van der Waals surface area contributed by atoms with E-state index in [0.29, 0.717) is 11.0 Å². The molecule has 4 rings (SSSR count). The molecular formula is C19H13ClF2N4O3. The van der Waals surface area contributed by atoms with Gasteiger partial charge >= 0.3 is 11.4 Å². The Morgan fingerprint density at radius 3 is 2.55 bits per heavy atom. The maximum atomic E-state index is 13.7. The minimum Gasteiger partial charge on any atom is -0.471 e. The fourth-order valence-electron chi connectivity index (χ4n) is 2.92. The highest BCUT2D eigenvalue weighted by molar-refractivity contribution is 6.31. The number of benzene rings is 2. The molecule has 2 aromatic heterocycles. The highest BCUT2D eigenvalue weighted by Gasteiger charge is 2.16. The largest absolute Gasteiger partial charge is 0.471 e. The number of aryl methyl sites for hydroxylation is 1. The number of rotatable bonds is 4. The number of hydrogen-bond acceptors (Lipinski definition) is 4. The van der Waals surface area contributed by atoms with Crippen molar-refractivity contribution in [3.8, 4) is 5.88 Å². The van der Waals surface area contributed by atoms with Crippen LogP contribution in [0.3, 0.4) is 0 Å². The van der Waals surface area contributed by atoms with Gasteiger partial charge in [-0.05, 0) is 24.3 Å². The number of para-hydroxylation sites is 2. The summed E-state index contributed by atoms with van der Waals surface area (Å²) >= 11 is 6.17. The Balaban J connectivity index is 1.73. The zero-order valence-electron chi connectivity index (χ0n) is 15.0. The number of nitrogens with zero attached hydrogens (tertiary/aromatic N) is 4. The lowest BCUT2D eigenvalue weighted by atomic mass is 10.2. The number of aromatic nitrogens is 4. The molecule has 0 fully saturated rings. The molecule has 2 heterocycles. The van der Waals surface area contributed by atoms with Crippen LogP contribution in [0.5, 0.6) is 5.88 Å². The molecule has 29 heavy (non-hydrogen) atoms. The molecule has 10 heteroatoms. The Labute approximate surface area is 166 Å². The molecule has 0 atom stereocenters. The smallest absolute Gasteiger partial charge is 0.370 e. The molecule has 0 aliphatic rings. The van der Waals surface area contributed by atoms with E-state index in [0.717, 1.165) is 21.5 Å². The molecule has 2 aromatic carbocycles. The van der Waals surface area contributed by atoms with Crippen LogP contribution in [0.4, 0.5) is 8.78 Å². The Kier molecular flexibility index (Phi) is 4.67. The Morgan fingerprint density at radius 2 is 1.83 bits per heavy atom. The van der Waals surface area contributed by atoms with Crippen LogP contribution in [-0.4, -0.2) is 18.9 Å². The van der Waals surface area contributed by atoms with E-state index in [1.807, 2.05) is 0 Å². The average molecular weight is 419 g/mol. The van der Waals surface area contributed by atoms with Gasteiger partial charge < -0.3 is 4.74 Å². The van der Waals surface area contributed by atoms with E-state index in [4.69, 9.17) is 16.3 Å². The summed E-state index contributed by atoms with van der Waals surface area (Å²) < 4.78 is 35.5. The van der Waals surface area contributed by atoms with Crippen molar-refractivity contribution in [2.45, 2.75) is 6.61 Å². The van der Waals surface area contributed by atoms with Crippen LogP contribution >= 0.6 is 11.6 Å². The molecule has 0 aliphatic carbocycles. The fourth-order valence-corrected chi connectivity index (χ4v) is 3.11. The van der Waals surface area contributed by atoms with Gasteiger partial charge in [0, 0.05) is 18.7 Å². The van der Waals surface area contributed by atoms with Gasteiger partial charge in [-0.25, -0.2) is 18.4 Å². The van der Waals surface area contributed by atoms with Crippen molar-refractivity contribution in [1.29, 1.82) is 0 Å². The van der Waals surface area contributed by atoms with Gasteiger partial charge in [0.05, 0.1) is 17.2 Å². The predicted octanol–water partition coefficient (Wildman–Crippen LogP) is 2.72. The highest BCUT2D eigenvalue weighted by atomic mass is 35.5. The van der Waals surface area contributed by atoms with E-state index in [2.05, 4.69) is 4.98 Å². The first-order chi connectivity index (χ1) is 13.9. The molecule has 0 aliphatic heterocycles. The molecule has 0 saturated heterocycles. The first-order valence-electron chi connectivity index (χ1n) is 8.40. The number of imidazole rings is 1. The van der Waals surface area contributed by atoms with Crippen LogP contribution in [0.15, 0.2) is 58.3 Å². The summed E-state index contributed by atoms with van der Waals surface area (Å²) in [5.74, 6) is -1.74. The van der Waals surface area contributed by atoms with Crippen molar-refractivity contribution < 1.29 is 13.5 Å². The van der Waals surface area contributed by atoms with Crippen molar-refractivity contribution in [3.63, 3.8) is 0 Å². The van der Waals surface area contributed by atoms with E-state index in [-0.39, 0.29) is 23.1 Å². The summed E-state index contributed by atoms with van der Waals surface area (Å²) in [4.78, 5) is 28.9. The summed E-state index contributed by atoms with van der Waals surface area (Å²) in [7, 11) is 1.58. The molecule has 0 bridgehead atoms. The van der Waals surface area contributed by atoms with Crippen LogP contribution in [0.2, 0.25) is 5.02 Å². The number of fused-ring (bicyclic) bond motifs is 1. The number of hydrogen-bond donors (Lipinski definition) is 0. The van der Waals surface area contributed by atoms with Gasteiger partial charge in [0.25, 0.3) is 0 Å². The van der Waals surface area contributed by atoms with Gasteiger partial charge in [-0.1, -0.05) is 23.7 Å². The normalized spacial score (nSPS) is 11.2. The molecular weight excluding hydrogens is 406 g/mol. The van der Waals surface area contributed by atoms with E-state index >= 15 is 0 Å². The van der Waals surface area contributed by atoms with E-state index in [1.54, 1.807) is 31.3 Å². The van der Waals surface area contributed by atoms with Gasteiger partial charge in [-0.15, -0.1) is 0 Å². The lowest BCUT2D eigenvalue weighted by molar-refractivity contribution is 0.284. The molecule has 0 spiro atoms. The van der Waals surface area contributed by atoms with Gasteiger partial charge in [0.15, 0.2) is 0 Å². The van der Waals surface area contributed by atoms with Crippen LogP contribution in [0.25, 0.3) is 11.0 Å². The molecule has 148 valence electrons. The minimum atomic E-state index is -0.817. The minimum absolute atomic E-state index is 0.0630. The quantitative estimate of drug-likeness (QED) is 0.511. The lowest BCUT2D eigenvalue weighted by Crippen LogP contribution is -2.36. The Hall–Kier alpha value is -3.46. The van der Waals surface area contributed by atoms with Crippen LogP contribution < -0.4 is 16.1 Å². The summed E-state index contributed by atoms with van der Waals surface area (Å²) in [6.07, 6.45) is 1.20. The predicted molar refractivity (Wildman–Crippen MR) is 102 cm³/mol. The average Bonchev–Trinajstić information content (AvgIpc) is 2.94. The van der Waals surface area contributed by atoms with E-state index in [9.17, 15) is 18.4 Å². The van der Waals surface area contributed by atoms with Crippen molar-refractivity contribution in [2.75, 3.05) is 0 Å². The highest BCUT2D eigenvalue weighted by Crippen LogP contribution is 2.21. The first-order valence-corrected chi connectivity index (χ1v) is 8.77. The summed E-state index contributed by atoms with van der Waals surface area (Å²) in [5.41, 5.74) is -0.107. The zero-order valence-corrected chi connectivity index (χ0v) is 15.7. The lowest BCUT2D eigenvalue weighted by Gasteiger charge is -2.11. The van der Waals surface area contributed by atoms with Crippen molar-refractivity contribution in [2.24, 2.45) is 7.05 Å². The van der Waals surface area contributed by atoms with Gasteiger partial charge in [-0.2, -0.15) is 14.3 Å². The Morgan fingerprint density at radius 1 is 1.10 bits per heavy atom. The second kappa shape index (κ2) is 7.17. The third-order valence-electron chi connectivity index (χ3n) is 4.37. The standard InChI is InChI=1S/C19H13ClF2N4O3/c1-24-15-4-2-3-5-16(15)26(19(24)28)25-9-13(20)17(23-18(25)27)29-10-11-6-7-12(21)8-14(11)22/h2-9H,10H2,1H3. The maximum Gasteiger partial charge on any atom is 0.370 e. The molecule has 7 nitrogen and oxygen atoms in total. The summed E-state index contributed by atoms with van der Waals surface area (Å²) in [6.45, 7) is -0.309. The van der Waals surface area contributed by atoms with Gasteiger partial charge in [-0.3, -0.25) is 4.57 Å².